The quantitative estimate of drug-likeness (QED) is 0.781. The molecule has 0 saturated carbocycles. The Morgan fingerprint density at radius 2 is 1.77 bits per heavy atom. The molecule has 0 aliphatic heterocycles. The van der Waals surface area contributed by atoms with Crippen LogP contribution in [0.15, 0.2) is 48.5 Å². The molecule has 2 amide bonds. The van der Waals surface area contributed by atoms with Crippen LogP contribution in [0, 0.1) is 6.92 Å². The third kappa shape index (κ3) is 5.44. The summed E-state index contributed by atoms with van der Waals surface area (Å²) in [7, 11) is 1.30. The van der Waals surface area contributed by atoms with Crippen molar-refractivity contribution in [2.24, 2.45) is 0 Å². The van der Waals surface area contributed by atoms with Crippen molar-refractivity contribution in [3.63, 3.8) is 0 Å². The highest BCUT2D eigenvalue weighted by atomic mass is 16.5. The van der Waals surface area contributed by atoms with Gasteiger partial charge < -0.3 is 15.4 Å². The molecule has 0 aliphatic carbocycles. The molecule has 6 nitrogen and oxygen atoms in total. The third-order valence-electron chi connectivity index (χ3n) is 3.81. The summed E-state index contributed by atoms with van der Waals surface area (Å²) in [5.74, 6) is -0.959. The Hall–Kier alpha value is -3.15. The van der Waals surface area contributed by atoms with Crippen molar-refractivity contribution in [2.75, 3.05) is 12.4 Å². The molecule has 2 aromatic carbocycles. The molecule has 0 radical (unpaired) electrons. The Bertz CT molecular complexity index is 800. The van der Waals surface area contributed by atoms with Crippen molar-refractivity contribution in [2.45, 2.75) is 26.3 Å². The van der Waals surface area contributed by atoms with Gasteiger partial charge in [-0.2, -0.15) is 0 Å². The number of anilines is 1. The number of carbonyl (C=O) groups is 3. The fourth-order valence-electron chi connectivity index (χ4n) is 2.54. The topological polar surface area (TPSA) is 84.5 Å². The molecule has 26 heavy (non-hydrogen) atoms. The minimum Gasteiger partial charge on any atom is -0.465 e. The van der Waals surface area contributed by atoms with Crippen LogP contribution in [-0.4, -0.2) is 24.9 Å². The van der Waals surface area contributed by atoms with Gasteiger partial charge in [0.25, 0.3) is 0 Å². The van der Waals surface area contributed by atoms with E-state index in [4.69, 9.17) is 0 Å². The van der Waals surface area contributed by atoms with Gasteiger partial charge in [-0.25, -0.2) is 4.79 Å². The molecule has 0 bridgehead atoms. The van der Waals surface area contributed by atoms with Gasteiger partial charge in [-0.3, -0.25) is 9.59 Å². The molecule has 1 atom stereocenters. The fraction of sp³-hybridized carbons (Fsp3) is 0.250. The number of aryl methyl sites for hydroxylation is 1. The molecule has 1 unspecified atom stereocenters. The molecule has 0 fully saturated rings. The molecule has 0 spiro atoms. The van der Waals surface area contributed by atoms with Crippen LogP contribution >= 0.6 is 0 Å². The second-order valence-corrected chi connectivity index (χ2v) is 5.99. The van der Waals surface area contributed by atoms with Crippen molar-refractivity contribution in [3.05, 3.63) is 65.2 Å². The van der Waals surface area contributed by atoms with Gasteiger partial charge in [-0.05, 0) is 30.7 Å². The van der Waals surface area contributed by atoms with Crippen LogP contribution in [-0.2, 0) is 14.3 Å². The molecule has 0 aromatic heterocycles. The minimum atomic E-state index is -0.475. The summed E-state index contributed by atoms with van der Waals surface area (Å²) in [6, 6.07) is 13.7. The summed E-state index contributed by atoms with van der Waals surface area (Å²) in [5.41, 5.74) is 2.79. The van der Waals surface area contributed by atoms with Crippen LogP contribution in [0.4, 0.5) is 5.69 Å². The average molecular weight is 354 g/mol. The van der Waals surface area contributed by atoms with Crippen molar-refractivity contribution in [1.82, 2.24) is 5.32 Å². The lowest BCUT2D eigenvalue weighted by Crippen LogP contribution is -2.29. The number of carbonyl (C=O) groups excluding carboxylic acids is 3. The lowest BCUT2D eigenvalue weighted by molar-refractivity contribution is -0.120. The number of ether oxygens (including phenoxy) is 1. The first-order valence-electron chi connectivity index (χ1n) is 8.21. The summed E-state index contributed by atoms with van der Waals surface area (Å²) < 4.78 is 4.67. The number of amides is 2. The van der Waals surface area contributed by atoms with Gasteiger partial charge in [0.15, 0.2) is 0 Å². The van der Waals surface area contributed by atoms with E-state index in [2.05, 4.69) is 15.4 Å². The Labute approximate surface area is 152 Å². The van der Waals surface area contributed by atoms with Crippen LogP contribution < -0.4 is 10.6 Å². The van der Waals surface area contributed by atoms with E-state index in [1.165, 1.54) is 14.0 Å². The first-order chi connectivity index (χ1) is 12.4. The van der Waals surface area contributed by atoms with Crippen molar-refractivity contribution in [3.8, 4) is 0 Å². The number of benzene rings is 2. The molecule has 0 aliphatic rings. The number of methoxy groups -OCH3 is 1. The molecule has 0 saturated heterocycles. The van der Waals surface area contributed by atoms with E-state index < -0.39 is 12.0 Å². The molecule has 136 valence electrons. The summed E-state index contributed by atoms with van der Waals surface area (Å²) in [6.07, 6.45) is 0.0745. The zero-order valence-electron chi connectivity index (χ0n) is 15.0. The summed E-state index contributed by atoms with van der Waals surface area (Å²) in [4.78, 5) is 35.5. The lowest BCUT2D eigenvalue weighted by Gasteiger charge is -2.18. The van der Waals surface area contributed by atoms with Crippen LogP contribution in [0.25, 0.3) is 0 Å². The van der Waals surface area contributed by atoms with Gasteiger partial charge in [0, 0.05) is 12.6 Å². The number of nitrogens with one attached hydrogen (secondary N) is 2. The Morgan fingerprint density at radius 1 is 1.08 bits per heavy atom. The van der Waals surface area contributed by atoms with Gasteiger partial charge >= 0.3 is 5.97 Å². The van der Waals surface area contributed by atoms with Crippen LogP contribution in [0.3, 0.4) is 0 Å². The zero-order chi connectivity index (χ0) is 19.1. The SMILES string of the molecule is COC(=O)c1cccc(NC(=O)CC(NC(C)=O)c2ccc(C)cc2)c1. The molecular weight excluding hydrogens is 332 g/mol. The van der Waals surface area contributed by atoms with Gasteiger partial charge in [-0.1, -0.05) is 35.9 Å². The minimum absolute atomic E-state index is 0.0745. The summed E-state index contributed by atoms with van der Waals surface area (Å²) in [5, 5.41) is 5.55. The van der Waals surface area contributed by atoms with Crippen LogP contribution in [0.2, 0.25) is 0 Å². The molecule has 2 aromatic rings. The predicted molar refractivity (Wildman–Crippen MR) is 98.8 cm³/mol. The van der Waals surface area contributed by atoms with E-state index in [0.717, 1.165) is 11.1 Å². The average Bonchev–Trinajstić information content (AvgIpc) is 2.61. The lowest BCUT2D eigenvalue weighted by atomic mass is 10.0. The van der Waals surface area contributed by atoms with E-state index >= 15 is 0 Å². The highest BCUT2D eigenvalue weighted by Gasteiger charge is 2.17. The van der Waals surface area contributed by atoms with Crippen molar-refractivity contribution < 1.29 is 19.1 Å². The first-order valence-corrected chi connectivity index (χ1v) is 8.21. The first kappa shape index (κ1) is 19.2. The van der Waals surface area contributed by atoms with Gasteiger partial charge in [-0.15, -0.1) is 0 Å². The van der Waals surface area contributed by atoms with E-state index in [-0.39, 0.29) is 18.2 Å². The number of rotatable bonds is 6. The monoisotopic (exact) mass is 354 g/mol. The standard InChI is InChI=1S/C20H22N2O4/c1-13-7-9-15(10-8-13)18(21-14(2)23)12-19(24)22-17-6-4-5-16(11-17)20(25)26-3/h4-11,18H,12H2,1-3H3,(H,21,23)(H,22,24). The number of esters is 1. The Morgan fingerprint density at radius 3 is 2.38 bits per heavy atom. The van der Waals surface area contributed by atoms with E-state index in [0.29, 0.717) is 11.3 Å². The second-order valence-electron chi connectivity index (χ2n) is 5.99. The van der Waals surface area contributed by atoms with Crippen molar-refractivity contribution >= 4 is 23.5 Å². The van der Waals surface area contributed by atoms with E-state index in [1.807, 2.05) is 31.2 Å². The van der Waals surface area contributed by atoms with Crippen LogP contribution in [0.5, 0.6) is 0 Å². The van der Waals surface area contributed by atoms with E-state index in [1.54, 1.807) is 24.3 Å². The predicted octanol–water partition coefficient (Wildman–Crippen LogP) is 2.99. The summed E-state index contributed by atoms with van der Waals surface area (Å²) in [6.45, 7) is 3.39. The number of hydrogen-bond acceptors (Lipinski definition) is 4. The maximum absolute atomic E-state index is 12.4. The molecular formula is C20H22N2O4. The fourth-order valence-corrected chi connectivity index (χ4v) is 2.54. The summed E-state index contributed by atoms with van der Waals surface area (Å²) >= 11 is 0. The Balaban J connectivity index is 2.10. The maximum atomic E-state index is 12.4. The Kier molecular flexibility index (Phi) is 6.49. The van der Waals surface area contributed by atoms with E-state index in [9.17, 15) is 14.4 Å². The normalized spacial score (nSPS) is 11.3. The molecule has 6 heteroatoms. The van der Waals surface area contributed by atoms with Crippen LogP contribution in [0.1, 0.15) is 40.9 Å². The third-order valence-corrected chi connectivity index (χ3v) is 3.81. The highest BCUT2D eigenvalue weighted by molar-refractivity contribution is 5.95. The largest absolute Gasteiger partial charge is 0.465 e. The highest BCUT2D eigenvalue weighted by Crippen LogP contribution is 2.19. The number of hydrogen-bond donors (Lipinski definition) is 2. The molecule has 2 N–H and O–H groups in total. The smallest absolute Gasteiger partial charge is 0.337 e. The van der Waals surface area contributed by atoms with Gasteiger partial charge in [0.1, 0.15) is 0 Å². The van der Waals surface area contributed by atoms with Gasteiger partial charge in [0.05, 0.1) is 25.1 Å². The van der Waals surface area contributed by atoms with Gasteiger partial charge in [0.2, 0.25) is 11.8 Å². The van der Waals surface area contributed by atoms with Crippen molar-refractivity contribution in [1.29, 1.82) is 0 Å². The molecule has 2 rings (SSSR count). The second kappa shape index (κ2) is 8.80. The maximum Gasteiger partial charge on any atom is 0.337 e. The molecule has 0 heterocycles. The zero-order valence-corrected chi connectivity index (χ0v) is 15.0.